The maximum absolute atomic E-state index is 12.7. The molecule has 4 rings (SSSR count). The molecule has 1 amide bonds. The van der Waals surface area contributed by atoms with E-state index in [9.17, 15) is 9.59 Å². The van der Waals surface area contributed by atoms with E-state index in [1.54, 1.807) is 0 Å². The van der Waals surface area contributed by atoms with Crippen LogP contribution in [0, 0.1) is 29.1 Å². The van der Waals surface area contributed by atoms with Gasteiger partial charge in [0.05, 0.1) is 24.2 Å². The zero-order valence-electron chi connectivity index (χ0n) is 18.3. The van der Waals surface area contributed by atoms with Gasteiger partial charge in [0.25, 0.3) is 5.91 Å². The molecule has 2 aromatic rings. The number of nitrogens with zero attached hydrogens (tertiary/aromatic N) is 3. The molecule has 1 aromatic carbocycles. The van der Waals surface area contributed by atoms with Gasteiger partial charge in [0.2, 0.25) is 0 Å². The van der Waals surface area contributed by atoms with Crippen molar-refractivity contribution in [3.63, 3.8) is 0 Å². The predicted molar refractivity (Wildman–Crippen MR) is 120 cm³/mol. The summed E-state index contributed by atoms with van der Waals surface area (Å²) in [6.45, 7) is 5.36. The van der Waals surface area contributed by atoms with E-state index in [0.717, 1.165) is 62.0 Å². The average Bonchev–Trinajstić information content (AvgIpc) is 3.31. The largest absolute Gasteiger partial charge is 0.381 e. The van der Waals surface area contributed by atoms with Crippen LogP contribution in [-0.2, 0) is 16.0 Å². The summed E-state index contributed by atoms with van der Waals surface area (Å²) in [5, 5.41) is 11.9. The molecule has 2 atom stereocenters. The van der Waals surface area contributed by atoms with Gasteiger partial charge in [-0.05, 0) is 55.2 Å². The Morgan fingerprint density at radius 1 is 1.38 bits per heavy atom. The first kappa shape index (κ1) is 22.0. The lowest BCUT2D eigenvalue weighted by molar-refractivity contribution is -0.116. The number of amides is 1. The third kappa shape index (κ3) is 5.00. The zero-order chi connectivity index (χ0) is 22.5. The SMILES string of the molecule is CC1CCN(c2cc(CC3COCCC3C=O)ccc2NC(=O)c2ncc(C#N)[nH]2)CC1. The van der Waals surface area contributed by atoms with Gasteiger partial charge in [-0.25, -0.2) is 4.98 Å². The van der Waals surface area contributed by atoms with E-state index in [1.807, 2.05) is 18.2 Å². The summed E-state index contributed by atoms with van der Waals surface area (Å²) in [4.78, 5) is 33.3. The van der Waals surface area contributed by atoms with Crippen LogP contribution in [0.1, 0.15) is 48.1 Å². The third-order valence-corrected chi connectivity index (χ3v) is 6.55. The van der Waals surface area contributed by atoms with Gasteiger partial charge in [0.1, 0.15) is 18.0 Å². The lowest BCUT2D eigenvalue weighted by Crippen LogP contribution is -2.34. The van der Waals surface area contributed by atoms with Gasteiger partial charge in [0.15, 0.2) is 5.82 Å². The Morgan fingerprint density at radius 2 is 2.19 bits per heavy atom. The zero-order valence-corrected chi connectivity index (χ0v) is 18.3. The van der Waals surface area contributed by atoms with Crippen LogP contribution in [0.15, 0.2) is 24.4 Å². The van der Waals surface area contributed by atoms with Gasteiger partial charge in [-0.3, -0.25) is 4.79 Å². The Labute approximate surface area is 188 Å². The van der Waals surface area contributed by atoms with E-state index in [2.05, 4.69) is 33.2 Å². The Bertz CT molecular complexity index is 1000. The van der Waals surface area contributed by atoms with Crippen molar-refractivity contribution in [2.45, 2.75) is 32.6 Å². The summed E-state index contributed by atoms with van der Waals surface area (Å²) in [5.74, 6) is 0.608. The van der Waals surface area contributed by atoms with Crippen molar-refractivity contribution in [3.8, 4) is 6.07 Å². The number of aromatic nitrogens is 2. The molecule has 0 spiro atoms. The highest BCUT2D eigenvalue weighted by Crippen LogP contribution is 2.33. The van der Waals surface area contributed by atoms with Crippen LogP contribution in [-0.4, -0.2) is 48.5 Å². The van der Waals surface area contributed by atoms with E-state index in [0.29, 0.717) is 19.1 Å². The fraction of sp³-hybridized carbons (Fsp3) is 0.500. The molecule has 2 N–H and O–H groups in total. The van der Waals surface area contributed by atoms with Gasteiger partial charge in [0, 0.05) is 25.6 Å². The summed E-state index contributed by atoms with van der Waals surface area (Å²) in [5.41, 5.74) is 3.07. The fourth-order valence-corrected chi connectivity index (χ4v) is 4.50. The van der Waals surface area contributed by atoms with Crippen LogP contribution in [0.2, 0.25) is 0 Å². The number of carbonyl (C=O) groups is 2. The number of H-pyrrole nitrogens is 1. The highest BCUT2D eigenvalue weighted by atomic mass is 16.5. The number of aldehydes is 1. The molecule has 2 saturated heterocycles. The molecule has 1 aromatic heterocycles. The second kappa shape index (κ2) is 9.96. The van der Waals surface area contributed by atoms with E-state index in [1.165, 1.54) is 6.20 Å². The van der Waals surface area contributed by atoms with Crippen molar-refractivity contribution in [1.29, 1.82) is 5.26 Å². The van der Waals surface area contributed by atoms with Crippen molar-refractivity contribution in [2.75, 3.05) is 36.5 Å². The number of aromatic amines is 1. The fourth-order valence-electron chi connectivity index (χ4n) is 4.50. The molecule has 2 unspecified atom stereocenters. The number of benzene rings is 1. The highest BCUT2D eigenvalue weighted by Gasteiger charge is 2.27. The standard InChI is InChI=1S/C24H29N5O3/c1-16-4-7-29(8-5-16)22-11-17(10-19-15-32-9-6-18(19)14-30)2-3-21(22)28-24(31)23-26-13-20(12-25)27-23/h2-3,11,13-14,16,18-19H,4-10,15H2,1H3,(H,26,27)(H,28,31). The number of imidazole rings is 1. The number of rotatable bonds is 6. The minimum atomic E-state index is -0.382. The smallest absolute Gasteiger partial charge is 0.291 e. The Kier molecular flexibility index (Phi) is 6.86. The van der Waals surface area contributed by atoms with Crippen molar-refractivity contribution in [3.05, 3.63) is 41.5 Å². The summed E-state index contributed by atoms with van der Waals surface area (Å²) >= 11 is 0. The van der Waals surface area contributed by atoms with Gasteiger partial charge in [-0.1, -0.05) is 13.0 Å². The average molecular weight is 436 g/mol. The number of ether oxygens (including phenoxy) is 1. The van der Waals surface area contributed by atoms with Crippen LogP contribution in [0.25, 0.3) is 0 Å². The highest BCUT2D eigenvalue weighted by molar-refractivity contribution is 6.03. The van der Waals surface area contributed by atoms with Gasteiger partial charge >= 0.3 is 0 Å². The molecule has 0 bridgehead atoms. The number of hydrogen-bond donors (Lipinski definition) is 2. The van der Waals surface area contributed by atoms with Crippen LogP contribution in [0.4, 0.5) is 11.4 Å². The molecule has 0 radical (unpaired) electrons. The normalized spacial score (nSPS) is 21.7. The molecule has 2 aliphatic rings. The summed E-state index contributed by atoms with van der Waals surface area (Å²) < 4.78 is 5.62. The van der Waals surface area contributed by atoms with Crippen molar-refractivity contribution in [2.24, 2.45) is 17.8 Å². The molecular formula is C24H29N5O3. The summed E-state index contributed by atoms with van der Waals surface area (Å²) in [6, 6.07) is 8.01. The van der Waals surface area contributed by atoms with E-state index in [4.69, 9.17) is 10.00 Å². The van der Waals surface area contributed by atoms with Gasteiger partial charge < -0.3 is 24.7 Å². The van der Waals surface area contributed by atoms with Crippen LogP contribution >= 0.6 is 0 Å². The molecule has 8 nitrogen and oxygen atoms in total. The van der Waals surface area contributed by atoms with Gasteiger partial charge in [-0.2, -0.15) is 5.26 Å². The molecule has 0 aliphatic carbocycles. The molecule has 2 fully saturated rings. The molecule has 8 heteroatoms. The lowest BCUT2D eigenvalue weighted by atomic mass is 9.84. The quantitative estimate of drug-likeness (QED) is 0.674. The number of piperidine rings is 1. The monoisotopic (exact) mass is 435 g/mol. The van der Waals surface area contributed by atoms with Crippen LogP contribution in [0.3, 0.4) is 0 Å². The lowest BCUT2D eigenvalue weighted by Gasteiger charge is -2.34. The van der Waals surface area contributed by atoms with Crippen molar-refractivity contribution >= 4 is 23.6 Å². The summed E-state index contributed by atoms with van der Waals surface area (Å²) in [6.07, 6.45) is 6.15. The Hall–Kier alpha value is -3.18. The second-order valence-corrected chi connectivity index (χ2v) is 8.86. The van der Waals surface area contributed by atoms with Crippen LogP contribution < -0.4 is 10.2 Å². The molecule has 2 aliphatic heterocycles. The number of nitrogens with one attached hydrogen (secondary N) is 2. The molecule has 0 saturated carbocycles. The maximum atomic E-state index is 12.7. The Balaban J connectivity index is 1.58. The Morgan fingerprint density at radius 3 is 2.91 bits per heavy atom. The topological polar surface area (TPSA) is 111 Å². The molecular weight excluding hydrogens is 406 g/mol. The number of carbonyl (C=O) groups excluding carboxylic acids is 2. The molecule has 32 heavy (non-hydrogen) atoms. The van der Waals surface area contributed by atoms with Crippen molar-refractivity contribution in [1.82, 2.24) is 9.97 Å². The van der Waals surface area contributed by atoms with Crippen molar-refractivity contribution < 1.29 is 14.3 Å². The number of nitriles is 1. The first-order valence-corrected chi connectivity index (χ1v) is 11.2. The minimum Gasteiger partial charge on any atom is -0.381 e. The molecule has 168 valence electrons. The van der Waals surface area contributed by atoms with E-state index in [-0.39, 0.29) is 29.3 Å². The van der Waals surface area contributed by atoms with E-state index >= 15 is 0 Å². The van der Waals surface area contributed by atoms with Crippen LogP contribution in [0.5, 0.6) is 0 Å². The molecule has 3 heterocycles. The van der Waals surface area contributed by atoms with Gasteiger partial charge in [-0.15, -0.1) is 0 Å². The second-order valence-electron chi connectivity index (χ2n) is 8.86. The first-order valence-electron chi connectivity index (χ1n) is 11.2. The maximum Gasteiger partial charge on any atom is 0.291 e. The number of anilines is 2. The van der Waals surface area contributed by atoms with E-state index < -0.39 is 0 Å². The minimum absolute atomic E-state index is 0.0238. The number of hydrogen-bond acceptors (Lipinski definition) is 6. The first-order chi connectivity index (χ1) is 15.6. The third-order valence-electron chi connectivity index (χ3n) is 6.55. The summed E-state index contributed by atoms with van der Waals surface area (Å²) in [7, 11) is 0. The predicted octanol–water partition coefficient (Wildman–Crippen LogP) is 3.16.